The van der Waals surface area contributed by atoms with Gasteiger partial charge in [0.05, 0.1) is 4.92 Å². The average molecular weight is 454 g/mol. The summed E-state index contributed by atoms with van der Waals surface area (Å²) in [7, 11) is 0. The third-order valence-electron chi connectivity index (χ3n) is 4.08. The summed E-state index contributed by atoms with van der Waals surface area (Å²) in [5, 5.41) is 14.1. The van der Waals surface area contributed by atoms with Gasteiger partial charge in [-0.05, 0) is 6.07 Å². The number of nitro groups is 1. The lowest BCUT2D eigenvalue weighted by atomic mass is 10.0. The first-order valence-corrected chi connectivity index (χ1v) is 9.34. The van der Waals surface area contributed by atoms with Crippen LogP contribution in [-0.4, -0.2) is 59.6 Å². The number of nitrogens with one attached hydrogen (secondary N) is 1. The van der Waals surface area contributed by atoms with E-state index in [1.165, 1.54) is 24.3 Å². The Hall–Kier alpha value is -3.74. The molecule has 1 saturated heterocycles. The van der Waals surface area contributed by atoms with Crippen molar-refractivity contribution < 1.29 is 47.8 Å². The second-order valence-corrected chi connectivity index (χ2v) is 6.68. The van der Waals surface area contributed by atoms with Crippen LogP contribution in [0.5, 0.6) is 0 Å². The highest BCUT2D eigenvalue weighted by atomic mass is 16.7. The molecule has 174 valence electrons. The van der Waals surface area contributed by atoms with E-state index < -0.39 is 59.6 Å². The van der Waals surface area contributed by atoms with Crippen LogP contribution in [0.25, 0.3) is 0 Å². The maximum Gasteiger partial charge on any atom is 0.305 e. The van der Waals surface area contributed by atoms with Gasteiger partial charge in [-0.25, -0.2) is 0 Å². The zero-order chi connectivity index (χ0) is 24.0. The maximum atomic E-state index is 11.8. The molecule has 1 N–H and O–H groups in total. The molecular weight excluding hydrogens is 432 g/mol. The first kappa shape index (κ1) is 24.5. The van der Waals surface area contributed by atoms with Gasteiger partial charge in [-0.2, -0.15) is 0 Å². The highest BCUT2D eigenvalue weighted by Crippen LogP contribution is 2.32. The van der Waals surface area contributed by atoms with Crippen molar-refractivity contribution in [1.29, 1.82) is 0 Å². The molecule has 0 bridgehead atoms. The number of hydrogen-bond acceptors (Lipinski definition) is 12. The van der Waals surface area contributed by atoms with E-state index in [9.17, 15) is 29.3 Å². The molecule has 1 aliphatic rings. The number of nitro benzene ring substituents is 1. The molecule has 1 fully saturated rings. The molecule has 5 atom stereocenters. The summed E-state index contributed by atoms with van der Waals surface area (Å²) in [5.41, 5.74) is -0.346. The Morgan fingerprint density at radius 1 is 0.844 bits per heavy atom. The summed E-state index contributed by atoms with van der Waals surface area (Å²) in [6.07, 6.45) is -7.40. The number of benzene rings is 1. The van der Waals surface area contributed by atoms with Crippen LogP contribution in [0.1, 0.15) is 27.7 Å². The average Bonchev–Trinajstić information content (AvgIpc) is 2.66. The summed E-state index contributed by atoms with van der Waals surface area (Å²) in [4.78, 5) is 57.4. The first-order valence-electron chi connectivity index (χ1n) is 9.34. The number of para-hydroxylation sites is 2. The number of anilines is 1. The van der Waals surface area contributed by atoms with Crippen LogP contribution < -0.4 is 5.32 Å². The second kappa shape index (κ2) is 10.5. The van der Waals surface area contributed by atoms with E-state index in [4.69, 9.17) is 23.7 Å². The van der Waals surface area contributed by atoms with Crippen LogP contribution in [0.3, 0.4) is 0 Å². The Morgan fingerprint density at radius 2 is 1.34 bits per heavy atom. The van der Waals surface area contributed by atoms with Gasteiger partial charge < -0.3 is 29.0 Å². The minimum Gasteiger partial charge on any atom is -0.454 e. The molecule has 1 aromatic rings. The minimum absolute atomic E-state index is 0.0197. The number of ether oxygens (including phenoxy) is 5. The third-order valence-corrected chi connectivity index (χ3v) is 4.08. The fourth-order valence-corrected chi connectivity index (χ4v) is 3.06. The standard InChI is InChI=1S/C19H22N2O11/c1-9(22)28-15-16(29-10(2)23)18(20-13-7-5-6-8-14(13)21(26)27)32-19(31-12(4)25)17(15)30-11(3)24/h5-8,15-20H,1-4H3. The van der Waals surface area contributed by atoms with Gasteiger partial charge in [0.15, 0.2) is 18.4 Å². The van der Waals surface area contributed by atoms with Crippen molar-refractivity contribution in [1.82, 2.24) is 0 Å². The molecule has 32 heavy (non-hydrogen) atoms. The molecule has 0 amide bonds. The van der Waals surface area contributed by atoms with Gasteiger partial charge in [-0.3, -0.25) is 29.3 Å². The number of rotatable bonds is 7. The molecule has 13 nitrogen and oxygen atoms in total. The van der Waals surface area contributed by atoms with E-state index >= 15 is 0 Å². The molecule has 0 saturated carbocycles. The highest BCUT2D eigenvalue weighted by Gasteiger charge is 2.53. The molecule has 0 spiro atoms. The zero-order valence-corrected chi connectivity index (χ0v) is 17.6. The Kier molecular flexibility index (Phi) is 8.07. The van der Waals surface area contributed by atoms with Crippen molar-refractivity contribution in [3.05, 3.63) is 34.4 Å². The predicted molar refractivity (Wildman–Crippen MR) is 104 cm³/mol. The van der Waals surface area contributed by atoms with Crippen molar-refractivity contribution in [2.45, 2.75) is 58.5 Å². The first-order chi connectivity index (χ1) is 15.0. The van der Waals surface area contributed by atoms with Gasteiger partial charge >= 0.3 is 23.9 Å². The van der Waals surface area contributed by atoms with Crippen LogP contribution in [0.2, 0.25) is 0 Å². The van der Waals surface area contributed by atoms with E-state index in [1.54, 1.807) is 0 Å². The lowest BCUT2D eigenvalue weighted by Crippen LogP contribution is -2.63. The Labute approximate surface area is 182 Å². The largest absolute Gasteiger partial charge is 0.454 e. The molecule has 0 radical (unpaired) electrons. The van der Waals surface area contributed by atoms with Crippen molar-refractivity contribution in [3.63, 3.8) is 0 Å². The fraction of sp³-hybridized carbons (Fsp3) is 0.474. The minimum atomic E-state index is -1.59. The van der Waals surface area contributed by atoms with Crippen LogP contribution in [-0.2, 0) is 42.9 Å². The van der Waals surface area contributed by atoms with E-state index in [2.05, 4.69) is 5.32 Å². The lowest BCUT2D eigenvalue weighted by Gasteiger charge is -2.44. The van der Waals surface area contributed by atoms with Gasteiger partial charge in [0.1, 0.15) is 5.69 Å². The summed E-state index contributed by atoms with van der Waals surface area (Å²) in [5.74, 6) is -3.27. The Bertz CT molecular complexity index is 903. The molecule has 5 unspecified atom stereocenters. The molecule has 2 rings (SSSR count). The number of carbonyl (C=O) groups excluding carboxylic acids is 4. The van der Waals surface area contributed by atoms with Crippen LogP contribution >= 0.6 is 0 Å². The van der Waals surface area contributed by atoms with Gasteiger partial charge in [0.25, 0.3) is 5.69 Å². The van der Waals surface area contributed by atoms with Gasteiger partial charge in [0.2, 0.25) is 12.4 Å². The summed E-state index contributed by atoms with van der Waals surface area (Å²) in [6, 6.07) is 5.54. The SMILES string of the molecule is CC(=O)OC1OC(Nc2ccccc2[N+](=O)[O-])C(OC(C)=O)C(OC(C)=O)C1OC(C)=O. The Balaban J connectivity index is 2.53. The molecule has 0 aliphatic carbocycles. The smallest absolute Gasteiger partial charge is 0.305 e. The molecule has 1 aromatic carbocycles. The lowest BCUT2D eigenvalue weighted by molar-refractivity contribution is -0.384. The van der Waals surface area contributed by atoms with E-state index in [0.717, 1.165) is 27.7 Å². The predicted octanol–water partition coefficient (Wildman–Crippen LogP) is 1.05. The van der Waals surface area contributed by atoms with Crippen molar-refractivity contribution >= 4 is 35.3 Å². The van der Waals surface area contributed by atoms with Gasteiger partial charge in [0, 0.05) is 33.8 Å². The number of carbonyl (C=O) groups is 4. The monoisotopic (exact) mass is 454 g/mol. The summed E-state index contributed by atoms with van der Waals surface area (Å²) < 4.78 is 26.4. The van der Waals surface area contributed by atoms with Gasteiger partial charge in [-0.15, -0.1) is 0 Å². The van der Waals surface area contributed by atoms with Crippen LogP contribution in [0.4, 0.5) is 11.4 Å². The second-order valence-electron chi connectivity index (χ2n) is 6.68. The number of nitrogens with zero attached hydrogens (tertiary/aromatic N) is 1. The van der Waals surface area contributed by atoms with Crippen molar-refractivity contribution in [2.75, 3.05) is 5.32 Å². The molecule has 13 heteroatoms. The number of hydrogen-bond donors (Lipinski definition) is 1. The summed E-state index contributed by atoms with van der Waals surface area (Å²) in [6.45, 7) is 4.27. The van der Waals surface area contributed by atoms with E-state index in [-0.39, 0.29) is 11.4 Å². The summed E-state index contributed by atoms with van der Waals surface area (Å²) >= 11 is 0. The van der Waals surface area contributed by atoms with Crippen LogP contribution in [0, 0.1) is 10.1 Å². The van der Waals surface area contributed by atoms with E-state index in [0.29, 0.717) is 0 Å². The topological polar surface area (TPSA) is 170 Å². The highest BCUT2D eigenvalue weighted by molar-refractivity contribution is 5.69. The molecule has 0 aromatic heterocycles. The quantitative estimate of drug-likeness (QED) is 0.269. The Morgan fingerprint density at radius 3 is 1.88 bits per heavy atom. The van der Waals surface area contributed by atoms with Crippen LogP contribution in [0.15, 0.2) is 24.3 Å². The maximum absolute atomic E-state index is 11.8. The van der Waals surface area contributed by atoms with Crippen molar-refractivity contribution in [3.8, 4) is 0 Å². The number of esters is 4. The molecular formula is C19H22N2O11. The third kappa shape index (κ3) is 6.38. The molecule has 1 aliphatic heterocycles. The zero-order valence-electron chi connectivity index (χ0n) is 17.6. The molecule has 1 heterocycles. The van der Waals surface area contributed by atoms with Gasteiger partial charge in [-0.1, -0.05) is 12.1 Å². The van der Waals surface area contributed by atoms with E-state index in [1.807, 2.05) is 0 Å². The fourth-order valence-electron chi connectivity index (χ4n) is 3.06. The normalized spacial score (nSPS) is 24.6. The van der Waals surface area contributed by atoms with Crippen molar-refractivity contribution in [2.24, 2.45) is 0 Å².